The van der Waals surface area contributed by atoms with E-state index in [1.54, 1.807) is 18.7 Å². The number of fused-ring (bicyclic) bond motifs is 1. The second-order valence-corrected chi connectivity index (χ2v) is 9.12. The van der Waals surface area contributed by atoms with Gasteiger partial charge in [-0.05, 0) is 55.6 Å². The lowest BCUT2D eigenvalue weighted by Gasteiger charge is -2.05. The summed E-state index contributed by atoms with van der Waals surface area (Å²) in [7, 11) is -4.07. The number of nitrogens with zero attached hydrogens (tertiary/aromatic N) is 2. The van der Waals surface area contributed by atoms with Crippen LogP contribution in [0.25, 0.3) is 10.2 Å². The fourth-order valence-electron chi connectivity index (χ4n) is 2.50. The fraction of sp³-hybridized carbons (Fsp3) is 0.222. The molecule has 0 saturated carbocycles. The van der Waals surface area contributed by atoms with Crippen LogP contribution >= 0.6 is 23.1 Å². The Hall–Kier alpha value is -2.17. The van der Waals surface area contributed by atoms with Crippen LogP contribution in [0.3, 0.4) is 0 Å². The van der Waals surface area contributed by atoms with Crippen molar-refractivity contribution in [2.75, 3.05) is 12.9 Å². The minimum absolute atomic E-state index is 0.126. The van der Waals surface area contributed by atoms with Gasteiger partial charge < -0.3 is 9.30 Å². The Labute approximate surface area is 169 Å². The molecule has 0 atom stereocenters. The summed E-state index contributed by atoms with van der Waals surface area (Å²) in [5.74, 6) is -1.03. The number of aromatic nitrogens is 1. The fourth-order valence-corrected chi connectivity index (χ4v) is 5.29. The van der Waals surface area contributed by atoms with Gasteiger partial charge in [-0.1, -0.05) is 11.3 Å². The Bertz CT molecular complexity index is 1180. The van der Waals surface area contributed by atoms with Gasteiger partial charge in [0, 0.05) is 4.90 Å². The van der Waals surface area contributed by atoms with Crippen LogP contribution in [0.15, 0.2) is 56.7 Å². The topological polar surface area (TPSA) is 77.7 Å². The second-order valence-electron chi connectivity index (χ2n) is 5.63. The minimum Gasteiger partial charge on any atom is -0.465 e. The van der Waals surface area contributed by atoms with Crippen molar-refractivity contribution in [2.24, 2.45) is 4.40 Å². The summed E-state index contributed by atoms with van der Waals surface area (Å²) in [6.45, 7) is 1.76. The lowest BCUT2D eigenvalue weighted by Crippen LogP contribution is -2.23. The summed E-state index contributed by atoms with van der Waals surface area (Å²) in [6.07, 6.45) is 1.94. The van der Waals surface area contributed by atoms with Crippen LogP contribution in [0.2, 0.25) is 0 Å². The Balaban J connectivity index is 2.18. The van der Waals surface area contributed by atoms with E-state index in [2.05, 4.69) is 4.40 Å². The number of hydrogen-bond donors (Lipinski definition) is 0. The maximum Gasteiger partial charge on any atom is 0.326 e. The number of carbonyl (C=O) groups is 1. The minimum atomic E-state index is -4.07. The maximum absolute atomic E-state index is 13.1. The zero-order valence-corrected chi connectivity index (χ0v) is 17.5. The molecule has 2 aromatic carbocycles. The Kier molecular flexibility index (Phi) is 6.21. The molecule has 0 amide bonds. The van der Waals surface area contributed by atoms with Gasteiger partial charge in [0.2, 0.25) is 4.80 Å². The van der Waals surface area contributed by atoms with Crippen molar-refractivity contribution in [3.05, 3.63) is 53.1 Å². The monoisotopic (exact) mass is 440 g/mol. The van der Waals surface area contributed by atoms with Crippen molar-refractivity contribution in [2.45, 2.75) is 23.3 Å². The molecule has 1 heterocycles. The summed E-state index contributed by atoms with van der Waals surface area (Å²) in [5.41, 5.74) is 0.684. The summed E-state index contributed by atoms with van der Waals surface area (Å²) in [5, 5.41) is 0. The summed E-state index contributed by atoms with van der Waals surface area (Å²) >= 11 is 2.71. The normalized spacial score (nSPS) is 12.5. The van der Waals surface area contributed by atoms with Crippen molar-refractivity contribution in [1.82, 2.24) is 4.57 Å². The molecule has 0 fully saturated rings. The van der Waals surface area contributed by atoms with Gasteiger partial charge in [-0.2, -0.15) is 8.42 Å². The molecular formula is C18H17FN2O4S3. The number of rotatable bonds is 6. The maximum atomic E-state index is 13.1. The molecule has 0 radical (unpaired) electrons. The van der Waals surface area contributed by atoms with Crippen molar-refractivity contribution >= 4 is 49.3 Å². The van der Waals surface area contributed by atoms with Gasteiger partial charge in [0.25, 0.3) is 10.0 Å². The molecular weight excluding hydrogens is 423 g/mol. The lowest BCUT2D eigenvalue weighted by atomic mass is 10.3. The highest BCUT2D eigenvalue weighted by Crippen LogP contribution is 2.24. The number of thioether (sulfide) groups is 1. The molecule has 0 aliphatic rings. The first-order valence-corrected chi connectivity index (χ1v) is 11.7. The smallest absolute Gasteiger partial charge is 0.326 e. The second kappa shape index (κ2) is 8.46. The molecule has 148 valence electrons. The largest absolute Gasteiger partial charge is 0.465 e. The van der Waals surface area contributed by atoms with Crippen LogP contribution in [-0.2, 0) is 26.1 Å². The molecule has 10 heteroatoms. The van der Waals surface area contributed by atoms with Crippen LogP contribution in [0, 0.1) is 5.82 Å². The summed E-state index contributed by atoms with van der Waals surface area (Å²) in [6, 6.07) is 10.1. The highest BCUT2D eigenvalue weighted by molar-refractivity contribution is 7.98. The molecule has 6 nitrogen and oxygen atoms in total. The molecule has 3 rings (SSSR count). The van der Waals surface area contributed by atoms with Crippen LogP contribution in [-0.4, -0.2) is 31.8 Å². The molecule has 0 unspecified atom stereocenters. The third-order valence-corrected chi connectivity index (χ3v) is 6.96. The van der Waals surface area contributed by atoms with E-state index in [1.807, 2.05) is 24.5 Å². The number of sulfonamides is 1. The quantitative estimate of drug-likeness (QED) is 0.434. The Morgan fingerprint density at radius 2 is 1.96 bits per heavy atom. The van der Waals surface area contributed by atoms with Crippen LogP contribution in [0.5, 0.6) is 0 Å². The van der Waals surface area contributed by atoms with Crippen molar-refractivity contribution in [1.29, 1.82) is 0 Å². The molecule has 0 spiro atoms. The van der Waals surface area contributed by atoms with Gasteiger partial charge in [0.1, 0.15) is 12.4 Å². The van der Waals surface area contributed by atoms with Crippen molar-refractivity contribution in [3.63, 3.8) is 0 Å². The number of halogens is 1. The third kappa shape index (κ3) is 4.45. The first-order valence-electron chi connectivity index (χ1n) is 8.23. The van der Waals surface area contributed by atoms with Gasteiger partial charge in [0.05, 0.1) is 21.7 Å². The standard InChI is InChI=1S/C18H17FN2O4S3/c1-3-25-17(22)11-21-15-9-6-13(26-2)10-16(15)27-18(21)20-28(23,24)14-7-4-12(19)5-8-14/h4-10H,3,11H2,1-2H3. The van der Waals surface area contributed by atoms with E-state index >= 15 is 0 Å². The molecule has 28 heavy (non-hydrogen) atoms. The zero-order valence-electron chi connectivity index (χ0n) is 15.1. The predicted octanol–water partition coefficient (Wildman–Crippen LogP) is 3.42. The highest BCUT2D eigenvalue weighted by atomic mass is 32.2. The van der Waals surface area contributed by atoms with E-state index in [0.29, 0.717) is 5.52 Å². The van der Waals surface area contributed by atoms with E-state index < -0.39 is 21.8 Å². The number of ether oxygens (including phenoxy) is 1. The average molecular weight is 441 g/mol. The first kappa shape index (κ1) is 20.6. The van der Waals surface area contributed by atoms with E-state index in [0.717, 1.165) is 45.2 Å². The van der Waals surface area contributed by atoms with Crippen molar-refractivity contribution in [3.8, 4) is 0 Å². The summed E-state index contributed by atoms with van der Waals surface area (Å²) in [4.78, 5) is 13.0. The van der Waals surface area contributed by atoms with Crippen LogP contribution in [0.4, 0.5) is 4.39 Å². The Morgan fingerprint density at radius 1 is 1.25 bits per heavy atom. The first-order chi connectivity index (χ1) is 13.3. The van der Waals surface area contributed by atoms with E-state index in [1.165, 1.54) is 4.57 Å². The molecule has 0 saturated heterocycles. The Morgan fingerprint density at radius 3 is 2.61 bits per heavy atom. The molecule has 1 aromatic heterocycles. The highest BCUT2D eigenvalue weighted by Gasteiger charge is 2.17. The van der Waals surface area contributed by atoms with Gasteiger partial charge >= 0.3 is 5.97 Å². The van der Waals surface area contributed by atoms with Gasteiger partial charge in [0.15, 0.2) is 0 Å². The third-order valence-electron chi connectivity index (χ3n) is 3.79. The van der Waals surface area contributed by atoms with Gasteiger partial charge in [-0.15, -0.1) is 16.2 Å². The number of benzene rings is 2. The van der Waals surface area contributed by atoms with E-state index in [9.17, 15) is 17.6 Å². The lowest BCUT2D eigenvalue weighted by molar-refractivity contribution is -0.143. The molecule has 0 aliphatic heterocycles. The molecule has 0 aliphatic carbocycles. The SMILES string of the molecule is CCOC(=O)Cn1c(=NS(=O)(=O)c2ccc(F)cc2)sc2cc(SC)ccc21. The molecule has 0 bridgehead atoms. The number of carbonyl (C=O) groups excluding carboxylic acids is 1. The van der Waals surface area contributed by atoms with Crippen LogP contribution in [0.1, 0.15) is 6.92 Å². The van der Waals surface area contributed by atoms with E-state index in [-0.39, 0.29) is 22.8 Å². The number of esters is 1. The van der Waals surface area contributed by atoms with Gasteiger partial charge in [-0.25, -0.2) is 4.39 Å². The van der Waals surface area contributed by atoms with Gasteiger partial charge in [-0.3, -0.25) is 4.79 Å². The van der Waals surface area contributed by atoms with Crippen LogP contribution < -0.4 is 4.80 Å². The van der Waals surface area contributed by atoms with Crippen molar-refractivity contribution < 1.29 is 22.3 Å². The average Bonchev–Trinajstić information content (AvgIpc) is 2.97. The predicted molar refractivity (Wildman–Crippen MR) is 107 cm³/mol. The molecule has 3 aromatic rings. The molecule has 0 N–H and O–H groups in total. The zero-order chi connectivity index (χ0) is 20.3. The summed E-state index contributed by atoms with van der Waals surface area (Å²) < 4.78 is 49.7. The van der Waals surface area contributed by atoms with E-state index in [4.69, 9.17) is 4.74 Å². The number of thiazole rings is 1. The number of hydrogen-bond acceptors (Lipinski definition) is 6.